The van der Waals surface area contributed by atoms with Crippen molar-refractivity contribution in [2.24, 2.45) is 23.3 Å². The van der Waals surface area contributed by atoms with Crippen LogP contribution in [0.25, 0.3) is 0 Å². The highest BCUT2D eigenvalue weighted by molar-refractivity contribution is 5.83. The van der Waals surface area contributed by atoms with Crippen LogP contribution in [0.3, 0.4) is 0 Å². The topological polar surface area (TPSA) is 135 Å². The largest absolute Gasteiger partial charge is 0.350 e. The molecule has 1 aliphatic carbocycles. The summed E-state index contributed by atoms with van der Waals surface area (Å²) >= 11 is 0. The van der Waals surface area contributed by atoms with Crippen molar-refractivity contribution in [3.8, 4) is 0 Å². The molecule has 2 bridgehead atoms. The summed E-state index contributed by atoms with van der Waals surface area (Å²) in [6.45, 7) is 6.06. The van der Waals surface area contributed by atoms with Gasteiger partial charge in [-0.05, 0) is 45.2 Å². The number of amides is 2. The van der Waals surface area contributed by atoms with Gasteiger partial charge in [-0.15, -0.1) is 0 Å². The zero-order chi connectivity index (χ0) is 29.4. The molecule has 13 heteroatoms. The molecule has 5 heterocycles. The number of hydrogen-bond donors (Lipinski definition) is 5. The SMILES string of the molecule is NC(N)C(C(=O)NC1CNCC(F)C1N1CCC(C(=O)N2CCN3CCC2C3)CC1)C1NCC(F)C[N+]1=C1CCCC1. The first-order chi connectivity index (χ1) is 20.3. The molecule has 8 atom stereocenters. The molecule has 0 radical (unpaired) electrons. The average Bonchev–Trinajstić information content (AvgIpc) is 3.64. The van der Waals surface area contributed by atoms with Crippen molar-refractivity contribution in [1.29, 1.82) is 0 Å². The number of likely N-dealkylation sites (tertiary alicyclic amines) is 1. The Hall–Kier alpha value is -1.77. The predicted molar refractivity (Wildman–Crippen MR) is 155 cm³/mol. The van der Waals surface area contributed by atoms with Gasteiger partial charge < -0.3 is 27.0 Å². The Bertz CT molecular complexity index is 1020. The quantitative estimate of drug-likeness (QED) is 0.187. The molecule has 5 aliphatic heterocycles. The number of carbonyl (C=O) groups is 2. The summed E-state index contributed by atoms with van der Waals surface area (Å²) in [5.41, 5.74) is 13.6. The molecule has 6 aliphatic rings. The normalized spacial score (nSPS) is 37.4. The molecule has 236 valence electrons. The average molecular weight is 595 g/mol. The molecule has 8 unspecified atom stereocenters. The highest BCUT2D eigenvalue weighted by Crippen LogP contribution is 2.29. The summed E-state index contributed by atoms with van der Waals surface area (Å²) in [6, 6.07) is -0.650. The number of rotatable bonds is 6. The van der Waals surface area contributed by atoms with Gasteiger partial charge in [0.15, 0.2) is 18.4 Å². The Morgan fingerprint density at radius 1 is 0.976 bits per heavy atom. The van der Waals surface area contributed by atoms with Crippen LogP contribution in [0.2, 0.25) is 0 Å². The first-order valence-corrected chi connectivity index (χ1v) is 16.2. The van der Waals surface area contributed by atoms with Crippen molar-refractivity contribution >= 4 is 17.5 Å². The second-order valence-corrected chi connectivity index (χ2v) is 13.3. The van der Waals surface area contributed by atoms with Crippen LogP contribution in [0.1, 0.15) is 44.9 Å². The number of nitrogens with one attached hydrogen (secondary N) is 3. The molecule has 1 saturated carbocycles. The lowest BCUT2D eigenvalue weighted by Gasteiger charge is -2.46. The number of hydrogen-bond acceptors (Lipinski definition) is 8. The van der Waals surface area contributed by atoms with Crippen LogP contribution in [-0.4, -0.2) is 145 Å². The molecule has 5 saturated heterocycles. The number of carbonyl (C=O) groups excluding carboxylic acids is 2. The van der Waals surface area contributed by atoms with Crippen molar-refractivity contribution in [2.45, 2.75) is 87.7 Å². The van der Waals surface area contributed by atoms with Crippen molar-refractivity contribution in [1.82, 2.24) is 30.7 Å². The molecule has 2 amide bonds. The van der Waals surface area contributed by atoms with Crippen LogP contribution in [0.15, 0.2) is 0 Å². The Labute approximate surface area is 247 Å². The molecular formula is C29H50F2N9O2+. The molecule has 11 nitrogen and oxygen atoms in total. The molecule has 6 rings (SSSR count). The van der Waals surface area contributed by atoms with E-state index >= 15 is 4.39 Å². The summed E-state index contributed by atoms with van der Waals surface area (Å²) in [6.07, 6.45) is 2.63. The van der Waals surface area contributed by atoms with E-state index in [9.17, 15) is 14.0 Å². The number of nitrogens with zero attached hydrogens (tertiary/aromatic N) is 4. The van der Waals surface area contributed by atoms with E-state index in [-0.39, 0.29) is 37.4 Å². The number of piperidine rings is 2. The van der Waals surface area contributed by atoms with Gasteiger partial charge in [0, 0.05) is 70.6 Å². The minimum absolute atomic E-state index is 0.0309. The zero-order valence-electron chi connectivity index (χ0n) is 24.7. The minimum Gasteiger partial charge on any atom is -0.350 e. The van der Waals surface area contributed by atoms with Gasteiger partial charge in [-0.1, -0.05) is 0 Å². The molecule has 6 fully saturated rings. The number of fused-ring (bicyclic) bond motifs is 2. The van der Waals surface area contributed by atoms with Crippen molar-refractivity contribution in [3.05, 3.63) is 0 Å². The van der Waals surface area contributed by atoms with Gasteiger partial charge in [-0.2, -0.15) is 0 Å². The lowest BCUT2D eigenvalue weighted by molar-refractivity contribution is -0.595. The van der Waals surface area contributed by atoms with E-state index in [1.54, 1.807) is 0 Å². The van der Waals surface area contributed by atoms with E-state index in [1.807, 2.05) is 4.58 Å². The van der Waals surface area contributed by atoms with Crippen molar-refractivity contribution in [2.75, 3.05) is 65.4 Å². The Balaban J connectivity index is 1.11. The van der Waals surface area contributed by atoms with E-state index in [1.165, 1.54) is 0 Å². The standard InChI is InChI=1S/C29H49F2N9O2/c30-19-13-35-27(40(16-19)20-3-1-2-4-20)24(26(32)33)28(41)36-23-15-34-14-22(31)25(23)38-9-5-18(6-10-38)29(42)39-12-11-37-8-7-21(39)17-37/h18-19,21-27,34-35H,1-17,32-33H2/p+1. The monoisotopic (exact) mass is 594 g/mol. The highest BCUT2D eigenvalue weighted by Gasteiger charge is 2.47. The Kier molecular flexibility index (Phi) is 9.42. The van der Waals surface area contributed by atoms with E-state index < -0.39 is 42.7 Å². The van der Waals surface area contributed by atoms with E-state index in [4.69, 9.17) is 11.5 Å². The molecule has 42 heavy (non-hydrogen) atoms. The van der Waals surface area contributed by atoms with Gasteiger partial charge in [0.25, 0.3) is 0 Å². The third-order valence-corrected chi connectivity index (χ3v) is 10.7. The van der Waals surface area contributed by atoms with Crippen LogP contribution in [0.4, 0.5) is 8.78 Å². The highest BCUT2D eigenvalue weighted by atomic mass is 19.1. The second-order valence-electron chi connectivity index (χ2n) is 13.3. The van der Waals surface area contributed by atoms with Crippen LogP contribution in [0, 0.1) is 11.8 Å². The van der Waals surface area contributed by atoms with E-state index in [0.29, 0.717) is 38.5 Å². The van der Waals surface area contributed by atoms with Crippen LogP contribution in [0.5, 0.6) is 0 Å². The van der Waals surface area contributed by atoms with Gasteiger partial charge in [0.1, 0.15) is 12.1 Å². The van der Waals surface area contributed by atoms with Crippen LogP contribution < -0.4 is 27.4 Å². The Morgan fingerprint density at radius 2 is 1.74 bits per heavy atom. The van der Waals surface area contributed by atoms with Crippen molar-refractivity contribution < 1.29 is 22.9 Å². The molecule has 0 spiro atoms. The first-order valence-electron chi connectivity index (χ1n) is 16.2. The van der Waals surface area contributed by atoms with Gasteiger partial charge in [0.2, 0.25) is 18.0 Å². The van der Waals surface area contributed by atoms with Gasteiger partial charge in [-0.25, -0.2) is 13.4 Å². The lowest BCUT2D eigenvalue weighted by atomic mass is 9.89. The van der Waals surface area contributed by atoms with Crippen LogP contribution >= 0.6 is 0 Å². The molecule has 0 aromatic rings. The summed E-state index contributed by atoms with van der Waals surface area (Å²) in [4.78, 5) is 33.9. The fourth-order valence-corrected chi connectivity index (χ4v) is 8.44. The van der Waals surface area contributed by atoms with Gasteiger partial charge >= 0.3 is 0 Å². The summed E-state index contributed by atoms with van der Waals surface area (Å²) in [5.74, 6) is -0.939. The smallest absolute Gasteiger partial charge is 0.234 e. The number of nitrogens with two attached hydrogens (primary N) is 2. The zero-order valence-corrected chi connectivity index (χ0v) is 24.7. The van der Waals surface area contributed by atoms with E-state index in [0.717, 1.165) is 64.0 Å². The molecular weight excluding hydrogens is 544 g/mol. The van der Waals surface area contributed by atoms with E-state index in [2.05, 4.69) is 30.7 Å². The number of piperazine rings is 1. The number of alkyl halides is 2. The maximum atomic E-state index is 15.6. The molecule has 7 N–H and O–H groups in total. The predicted octanol–water partition coefficient (Wildman–Crippen LogP) is -1.44. The van der Waals surface area contributed by atoms with Crippen molar-refractivity contribution in [3.63, 3.8) is 0 Å². The summed E-state index contributed by atoms with van der Waals surface area (Å²) in [7, 11) is 0. The fourth-order valence-electron chi connectivity index (χ4n) is 8.44. The third kappa shape index (κ3) is 6.23. The molecule has 0 aromatic carbocycles. The minimum atomic E-state index is -1.17. The Morgan fingerprint density at radius 3 is 2.48 bits per heavy atom. The molecule has 0 aromatic heterocycles. The summed E-state index contributed by atoms with van der Waals surface area (Å²) < 4.78 is 32.0. The lowest BCUT2D eigenvalue weighted by Crippen LogP contribution is -2.69. The maximum Gasteiger partial charge on any atom is 0.234 e. The maximum absolute atomic E-state index is 15.6. The second kappa shape index (κ2) is 13.1. The van der Waals surface area contributed by atoms with Gasteiger partial charge in [0.05, 0.1) is 18.2 Å². The fraction of sp³-hybridized carbons (Fsp3) is 0.897. The van der Waals surface area contributed by atoms with Crippen LogP contribution in [-0.2, 0) is 9.59 Å². The summed E-state index contributed by atoms with van der Waals surface area (Å²) in [5, 5.41) is 9.44. The third-order valence-electron chi connectivity index (χ3n) is 10.7. The van der Waals surface area contributed by atoms with Gasteiger partial charge in [-0.3, -0.25) is 24.7 Å². The number of halogens is 2. The first kappa shape index (κ1) is 30.3.